The molecule has 0 fully saturated rings. The van der Waals surface area contributed by atoms with Gasteiger partial charge in [-0.1, -0.05) is 0 Å². The van der Waals surface area contributed by atoms with Crippen molar-refractivity contribution in [3.63, 3.8) is 0 Å². The maximum atomic E-state index is 10.8. The average molecular weight is 183 g/mol. The Morgan fingerprint density at radius 1 is 1.31 bits per heavy atom. The monoisotopic (exact) mass is 183 g/mol. The second-order valence-electron chi connectivity index (χ2n) is 2.43. The standard InChI is InChI=1S/C9H11NO3.H2/c1-12-7-4-3-6(9(10)11)5-8(7)13-2;/h3-5H,1-2H3,(H2,10,11);1H. The highest BCUT2D eigenvalue weighted by Crippen LogP contribution is 2.27. The van der Waals surface area contributed by atoms with Crippen LogP contribution in [0.1, 0.15) is 11.8 Å². The van der Waals surface area contributed by atoms with Gasteiger partial charge in [0.1, 0.15) is 0 Å². The van der Waals surface area contributed by atoms with Gasteiger partial charge in [-0.3, -0.25) is 4.79 Å². The molecule has 4 nitrogen and oxygen atoms in total. The van der Waals surface area contributed by atoms with Crippen molar-refractivity contribution in [3.8, 4) is 11.5 Å². The number of benzene rings is 1. The van der Waals surface area contributed by atoms with E-state index in [1.165, 1.54) is 14.2 Å². The molecule has 0 aliphatic heterocycles. The number of primary amides is 1. The molecular formula is C9H13NO3. The molecule has 1 amide bonds. The van der Waals surface area contributed by atoms with Crippen LogP contribution in [0.3, 0.4) is 0 Å². The molecule has 1 rings (SSSR count). The van der Waals surface area contributed by atoms with E-state index in [9.17, 15) is 4.79 Å². The zero-order chi connectivity index (χ0) is 9.84. The van der Waals surface area contributed by atoms with Gasteiger partial charge in [-0.25, -0.2) is 0 Å². The Kier molecular flexibility index (Phi) is 2.74. The van der Waals surface area contributed by atoms with Gasteiger partial charge in [-0.2, -0.15) is 0 Å². The highest BCUT2D eigenvalue weighted by molar-refractivity contribution is 5.93. The van der Waals surface area contributed by atoms with Crippen LogP contribution >= 0.6 is 0 Å². The second kappa shape index (κ2) is 3.80. The lowest BCUT2D eigenvalue weighted by Gasteiger charge is -2.07. The summed E-state index contributed by atoms with van der Waals surface area (Å²) in [6.45, 7) is 0. The van der Waals surface area contributed by atoms with Crippen LogP contribution in [0.25, 0.3) is 0 Å². The highest BCUT2D eigenvalue weighted by Gasteiger charge is 2.06. The number of carbonyl (C=O) groups excluding carboxylic acids is 1. The van der Waals surface area contributed by atoms with E-state index >= 15 is 0 Å². The van der Waals surface area contributed by atoms with Gasteiger partial charge in [0.2, 0.25) is 5.91 Å². The summed E-state index contributed by atoms with van der Waals surface area (Å²) >= 11 is 0. The van der Waals surface area contributed by atoms with E-state index in [0.717, 1.165) is 0 Å². The molecule has 0 saturated carbocycles. The third-order valence-electron chi connectivity index (χ3n) is 1.67. The van der Waals surface area contributed by atoms with Crippen molar-refractivity contribution >= 4 is 5.91 Å². The molecule has 0 heterocycles. The summed E-state index contributed by atoms with van der Waals surface area (Å²) in [4.78, 5) is 10.8. The second-order valence-corrected chi connectivity index (χ2v) is 2.43. The summed E-state index contributed by atoms with van der Waals surface area (Å²) in [6.07, 6.45) is 0. The first-order valence-electron chi connectivity index (χ1n) is 3.71. The molecule has 0 bridgehead atoms. The molecule has 2 N–H and O–H groups in total. The summed E-state index contributed by atoms with van der Waals surface area (Å²) in [5.74, 6) is 0.590. The highest BCUT2D eigenvalue weighted by atomic mass is 16.5. The van der Waals surface area contributed by atoms with Crippen molar-refractivity contribution in [1.29, 1.82) is 0 Å². The normalized spacial score (nSPS) is 9.38. The molecule has 72 valence electrons. The fourth-order valence-electron chi connectivity index (χ4n) is 0.989. The number of hydrogen-bond acceptors (Lipinski definition) is 3. The van der Waals surface area contributed by atoms with Crippen LogP contribution in [0, 0.1) is 0 Å². The number of nitrogens with two attached hydrogens (primary N) is 1. The first kappa shape index (κ1) is 9.38. The first-order chi connectivity index (χ1) is 6.19. The van der Waals surface area contributed by atoms with Crippen molar-refractivity contribution in [3.05, 3.63) is 23.8 Å². The average Bonchev–Trinajstić information content (AvgIpc) is 2.16. The third kappa shape index (κ3) is 1.90. The van der Waals surface area contributed by atoms with Crippen LogP contribution in [0.15, 0.2) is 18.2 Å². The molecule has 4 heteroatoms. The molecule has 0 aliphatic rings. The predicted octanol–water partition coefficient (Wildman–Crippen LogP) is 1.05. The van der Waals surface area contributed by atoms with Crippen LogP contribution in [-0.2, 0) is 0 Å². The molecule has 0 spiro atoms. The van der Waals surface area contributed by atoms with Crippen LogP contribution < -0.4 is 15.2 Å². The third-order valence-corrected chi connectivity index (χ3v) is 1.67. The molecule has 1 aromatic carbocycles. The van der Waals surface area contributed by atoms with E-state index < -0.39 is 5.91 Å². The molecule has 0 radical (unpaired) electrons. The quantitative estimate of drug-likeness (QED) is 0.761. The molecule has 0 aromatic heterocycles. The van der Waals surface area contributed by atoms with Gasteiger partial charge in [0, 0.05) is 6.99 Å². The van der Waals surface area contributed by atoms with Crippen LogP contribution in [0.2, 0.25) is 0 Å². The largest absolute Gasteiger partial charge is 0.493 e. The van der Waals surface area contributed by atoms with E-state index in [1.54, 1.807) is 18.2 Å². The van der Waals surface area contributed by atoms with Gasteiger partial charge in [-0.15, -0.1) is 0 Å². The van der Waals surface area contributed by atoms with Gasteiger partial charge in [-0.05, 0) is 18.2 Å². The predicted molar refractivity (Wildman–Crippen MR) is 50.2 cm³/mol. The summed E-state index contributed by atoms with van der Waals surface area (Å²) in [5, 5.41) is 0. The number of hydrogen-bond donors (Lipinski definition) is 1. The molecule has 13 heavy (non-hydrogen) atoms. The number of ether oxygens (including phenoxy) is 2. The Balaban J connectivity index is 0.00000169. The number of carbonyl (C=O) groups is 1. The lowest BCUT2D eigenvalue weighted by molar-refractivity contribution is 0.1000. The molecule has 0 aliphatic carbocycles. The van der Waals surface area contributed by atoms with E-state index in [1.807, 2.05) is 0 Å². The van der Waals surface area contributed by atoms with Crippen LogP contribution in [0.4, 0.5) is 0 Å². The maximum absolute atomic E-state index is 10.8. The minimum atomic E-state index is -0.485. The number of rotatable bonds is 3. The fraction of sp³-hybridized carbons (Fsp3) is 0.222. The van der Waals surface area contributed by atoms with E-state index in [0.29, 0.717) is 17.1 Å². The van der Waals surface area contributed by atoms with Gasteiger partial charge < -0.3 is 15.2 Å². The van der Waals surface area contributed by atoms with Crippen molar-refractivity contribution < 1.29 is 15.7 Å². The Labute approximate surface area is 77.7 Å². The molecular weight excluding hydrogens is 170 g/mol. The van der Waals surface area contributed by atoms with Gasteiger partial charge in [0.25, 0.3) is 0 Å². The zero-order valence-electron chi connectivity index (χ0n) is 7.53. The fourth-order valence-corrected chi connectivity index (χ4v) is 0.989. The summed E-state index contributed by atoms with van der Waals surface area (Å²) in [7, 11) is 3.03. The molecule has 0 unspecified atom stereocenters. The minimum absolute atomic E-state index is 0. The Bertz CT molecular complexity index is 328. The van der Waals surface area contributed by atoms with Crippen molar-refractivity contribution in [2.45, 2.75) is 0 Å². The Morgan fingerprint density at radius 2 is 1.92 bits per heavy atom. The van der Waals surface area contributed by atoms with Gasteiger partial charge in [0.05, 0.1) is 14.2 Å². The van der Waals surface area contributed by atoms with Crippen molar-refractivity contribution in [1.82, 2.24) is 0 Å². The van der Waals surface area contributed by atoms with Gasteiger partial charge >= 0.3 is 0 Å². The van der Waals surface area contributed by atoms with Crippen molar-refractivity contribution in [2.75, 3.05) is 14.2 Å². The lowest BCUT2D eigenvalue weighted by Crippen LogP contribution is -2.10. The van der Waals surface area contributed by atoms with Crippen molar-refractivity contribution in [2.24, 2.45) is 5.73 Å². The van der Waals surface area contributed by atoms with E-state index in [4.69, 9.17) is 15.2 Å². The molecule has 0 saturated heterocycles. The molecule has 0 atom stereocenters. The summed E-state index contributed by atoms with van der Waals surface area (Å²) in [5.41, 5.74) is 5.49. The van der Waals surface area contributed by atoms with Crippen LogP contribution in [0.5, 0.6) is 11.5 Å². The van der Waals surface area contributed by atoms with Gasteiger partial charge in [0.15, 0.2) is 11.5 Å². The minimum Gasteiger partial charge on any atom is -0.493 e. The van der Waals surface area contributed by atoms with E-state index in [-0.39, 0.29) is 1.43 Å². The SMILES string of the molecule is COc1ccc(C(N)=O)cc1OC.[HH]. The smallest absolute Gasteiger partial charge is 0.248 e. The van der Waals surface area contributed by atoms with Crippen LogP contribution in [-0.4, -0.2) is 20.1 Å². The van der Waals surface area contributed by atoms with E-state index in [2.05, 4.69) is 0 Å². The first-order valence-corrected chi connectivity index (χ1v) is 3.71. The summed E-state index contributed by atoms with van der Waals surface area (Å²) in [6, 6.07) is 4.77. The molecule has 1 aromatic rings. The maximum Gasteiger partial charge on any atom is 0.248 e. The Hall–Kier alpha value is -1.71. The Morgan fingerprint density at radius 3 is 2.38 bits per heavy atom. The number of methoxy groups -OCH3 is 2. The lowest BCUT2D eigenvalue weighted by atomic mass is 10.2. The number of amides is 1. The zero-order valence-corrected chi connectivity index (χ0v) is 7.53. The summed E-state index contributed by atoms with van der Waals surface area (Å²) < 4.78 is 9.99. The topological polar surface area (TPSA) is 61.5 Å².